The lowest BCUT2D eigenvalue weighted by Gasteiger charge is -2.23. The fourth-order valence-corrected chi connectivity index (χ4v) is 3.55. The van der Waals surface area contributed by atoms with Crippen LogP contribution in [0.2, 0.25) is 0 Å². The zero-order chi connectivity index (χ0) is 21.5. The minimum atomic E-state index is -0.554. The largest absolute Gasteiger partial charge is 0.457 e. The van der Waals surface area contributed by atoms with Crippen molar-refractivity contribution >= 4 is 17.7 Å². The smallest absolute Gasteiger partial charge is 0.410 e. The summed E-state index contributed by atoms with van der Waals surface area (Å²) < 4.78 is 11.2. The average molecular weight is 416 g/mol. The SMILES string of the molecule is O=C(Nc1cccc(Oc2ccccc2)c1)[C@@H]1CCCN1C(=O)OCc1ccccc1. The van der Waals surface area contributed by atoms with Crippen LogP contribution >= 0.6 is 0 Å². The first-order valence-corrected chi connectivity index (χ1v) is 10.3. The molecule has 0 bridgehead atoms. The van der Waals surface area contributed by atoms with E-state index in [1.807, 2.05) is 72.8 Å². The first kappa shape index (κ1) is 20.5. The molecule has 4 rings (SSSR count). The van der Waals surface area contributed by atoms with Crippen LogP contribution in [0.1, 0.15) is 18.4 Å². The van der Waals surface area contributed by atoms with Crippen LogP contribution in [0.4, 0.5) is 10.5 Å². The number of nitrogens with zero attached hydrogens (tertiary/aromatic N) is 1. The molecule has 2 amide bonds. The second kappa shape index (κ2) is 9.80. The Morgan fingerprint density at radius 1 is 0.903 bits per heavy atom. The zero-order valence-electron chi connectivity index (χ0n) is 17.1. The van der Waals surface area contributed by atoms with Crippen LogP contribution < -0.4 is 10.1 Å². The second-order valence-electron chi connectivity index (χ2n) is 7.32. The molecular weight excluding hydrogens is 392 g/mol. The zero-order valence-corrected chi connectivity index (χ0v) is 17.1. The van der Waals surface area contributed by atoms with Gasteiger partial charge in [0, 0.05) is 18.3 Å². The third-order valence-electron chi connectivity index (χ3n) is 5.08. The van der Waals surface area contributed by atoms with Crippen molar-refractivity contribution in [2.24, 2.45) is 0 Å². The topological polar surface area (TPSA) is 67.9 Å². The summed E-state index contributed by atoms with van der Waals surface area (Å²) in [7, 11) is 0. The van der Waals surface area contributed by atoms with E-state index in [0.717, 1.165) is 12.0 Å². The third-order valence-corrected chi connectivity index (χ3v) is 5.08. The molecule has 0 saturated carbocycles. The van der Waals surface area contributed by atoms with Crippen molar-refractivity contribution in [2.75, 3.05) is 11.9 Å². The Kier molecular flexibility index (Phi) is 6.47. The monoisotopic (exact) mass is 416 g/mol. The van der Waals surface area contributed by atoms with Gasteiger partial charge in [0.05, 0.1) is 0 Å². The van der Waals surface area contributed by atoms with E-state index < -0.39 is 12.1 Å². The summed E-state index contributed by atoms with van der Waals surface area (Å²) >= 11 is 0. The molecule has 3 aromatic carbocycles. The molecule has 1 fully saturated rings. The van der Waals surface area contributed by atoms with Gasteiger partial charge in [0.15, 0.2) is 0 Å². The molecule has 1 heterocycles. The Morgan fingerprint density at radius 2 is 1.61 bits per heavy atom. The van der Waals surface area contributed by atoms with Crippen LogP contribution in [0.3, 0.4) is 0 Å². The molecule has 1 N–H and O–H groups in total. The van der Waals surface area contributed by atoms with E-state index in [2.05, 4.69) is 5.32 Å². The van der Waals surface area contributed by atoms with Gasteiger partial charge in [-0.15, -0.1) is 0 Å². The summed E-state index contributed by atoms with van der Waals surface area (Å²) in [5.74, 6) is 1.11. The van der Waals surface area contributed by atoms with E-state index in [4.69, 9.17) is 9.47 Å². The van der Waals surface area contributed by atoms with Crippen molar-refractivity contribution in [3.8, 4) is 11.5 Å². The van der Waals surface area contributed by atoms with Crippen molar-refractivity contribution in [3.63, 3.8) is 0 Å². The maximum atomic E-state index is 12.9. The second-order valence-corrected chi connectivity index (χ2v) is 7.32. The Hall–Kier alpha value is -3.80. The van der Waals surface area contributed by atoms with Gasteiger partial charge >= 0.3 is 6.09 Å². The Bertz CT molecular complexity index is 1020. The van der Waals surface area contributed by atoms with Crippen LogP contribution in [-0.4, -0.2) is 29.5 Å². The molecular formula is C25H24N2O4. The van der Waals surface area contributed by atoms with Crippen molar-refractivity contribution < 1.29 is 19.1 Å². The summed E-state index contributed by atoms with van der Waals surface area (Å²) in [6.07, 6.45) is 0.893. The number of carbonyl (C=O) groups is 2. The number of amides is 2. The van der Waals surface area contributed by atoms with Crippen molar-refractivity contribution in [3.05, 3.63) is 90.5 Å². The molecule has 1 atom stereocenters. The Morgan fingerprint density at radius 3 is 2.39 bits per heavy atom. The van der Waals surface area contributed by atoms with Gasteiger partial charge in [0.1, 0.15) is 24.1 Å². The molecule has 0 unspecified atom stereocenters. The summed E-state index contributed by atoms with van der Waals surface area (Å²) in [4.78, 5) is 26.9. The lowest BCUT2D eigenvalue weighted by atomic mass is 10.2. The molecule has 31 heavy (non-hydrogen) atoms. The van der Waals surface area contributed by atoms with Gasteiger partial charge in [0.25, 0.3) is 0 Å². The molecule has 0 spiro atoms. The Balaban J connectivity index is 1.36. The fraction of sp³-hybridized carbons (Fsp3) is 0.200. The van der Waals surface area contributed by atoms with Gasteiger partial charge in [-0.25, -0.2) is 4.79 Å². The number of benzene rings is 3. The first-order valence-electron chi connectivity index (χ1n) is 10.3. The van der Waals surface area contributed by atoms with E-state index in [9.17, 15) is 9.59 Å². The van der Waals surface area contributed by atoms with E-state index in [1.54, 1.807) is 12.1 Å². The van der Waals surface area contributed by atoms with Gasteiger partial charge in [0.2, 0.25) is 5.91 Å². The molecule has 6 heteroatoms. The summed E-state index contributed by atoms with van der Waals surface area (Å²) in [6.45, 7) is 0.687. The maximum Gasteiger partial charge on any atom is 0.410 e. The van der Waals surface area contributed by atoms with E-state index in [1.165, 1.54) is 4.90 Å². The Labute approximate surface area is 181 Å². The molecule has 0 aliphatic carbocycles. The highest BCUT2D eigenvalue weighted by atomic mass is 16.6. The quantitative estimate of drug-likeness (QED) is 0.598. The summed E-state index contributed by atoms with van der Waals surface area (Å²) in [5.41, 5.74) is 1.52. The molecule has 0 aromatic heterocycles. The van der Waals surface area contributed by atoms with Crippen molar-refractivity contribution in [1.29, 1.82) is 0 Å². The van der Waals surface area contributed by atoms with Gasteiger partial charge in [-0.3, -0.25) is 9.69 Å². The predicted octanol–water partition coefficient (Wildman–Crippen LogP) is 5.22. The maximum absolute atomic E-state index is 12.9. The summed E-state index contributed by atoms with van der Waals surface area (Å²) in [5, 5.41) is 2.90. The van der Waals surface area contributed by atoms with Crippen LogP contribution in [0.15, 0.2) is 84.9 Å². The standard InChI is InChI=1S/C25H24N2O4/c28-24(26-20-11-7-14-22(17-20)31-21-12-5-2-6-13-21)23-15-8-16-27(23)25(29)30-18-19-9-3-1-4-10-19/h1-7,9-14,17,23H,8,15-16,18H2,(H,26,28)/t23-/m0/s1. The molecule has 1 aliphatic heterocycles. The van der Waals surface area contributed by atoms with Crippen molar-refractivity contribution in [2.45, 2.75) is 25.5 Å². The fourth-order valence-electron chi connectivity index (χ4n) is 3.55. The average Bonchev–Trinajstić information content (AvgIpc) is 3.29. The number of ether oxygens (including phenoxy) is 2. The number of para-hydroxylation sites is 1. The highest BCUT2D eigenvalue weighted by molar-refractivity contribution is 5.97. The first-order chi connectivity index (χ1) is 15.2. The van der Waals surface area contributed by atoms with E-state index in [0.29, 0.717) is 30.2 Å². The van der Waals surface area contributed by atoms with Gasteiger partial charge < -0.3 is 14.8 Å². The number of likely N-dealkylation sites (tertiary alicyclic amines) is 1. The normalized spacial score (nSPS) is 15.4. The molecule has 6 nitrogen and oxygen atoms in total. The number of anilines is 1. The molecule has 1 aliphatic rings. The van der Waals surface area contributed by atoms with Gasteiger partial charge in [-0.05, 0) is 42.7 Å². The number of carbonyl (C=O) groups excluding carboxylic acids is 2. The molecule has 158 valence electrons. The number of hydrogen-bond acceptors (Lipinski definition) is 4. The van der Waals surface area contributed by atoms with Crippen LogP contribution in [-0.2, 0) is 16.1 Å². The lowest BCUT2D eigenvalue weighted by molar-refractivity contribution is -0.120. The van der Waals surface area contributed by atoms with Crippen molar-refractivity contribution in [1.82, 2.24) is 4.90 Å². The third kappa shape index (κ3) is 5.42. The minimum Gasteiger partial charge on any atom is -0.457 e. The number of hydrogen-bond donors (Lipinski definition) is 1. The predicted molar refractivity (Wildman–Crippen MR) is 118 cm³/mol. The molecule has 0 radical (unpaired) electrons. The van der Waals surface area contributed by atoms with E-state index in [-0.39, 0.29) is 12.5 Å². The van der Waals surface area contributed by atoms with Crippen LogP contribution in [0.5, 0.6) is 11.5 Å². The lowest BCUT2D eigenvalue weighted by Crippen LogP contribution is -2.43. The van der Waals surface area contributed by atoms with Crippen LogP contribution in [0, 0.1) is 0 Å². The van der Waals surface area contributed by atoms with E-state index >= 15 is 0 Å². The minimum absolute atomic E-state index is 0.184. The molecule has 1 saturated heterocycles. The highest BCUT2D eigenvalue weighted by Gasteiger charge is 2.35. The summed E-state index contributed by atoms with van der Waals surface area (Å²) in [6, 6.07) is 25.6. The molecule has 3 aromatic rings. The highest BCUT2D eigenvalue weighted by Crippen LogP contribution is 2.25. The number of rotatable bonds is 6. The number of nitrogens with one attached hydrogen (secondary N) is 1. The van der Waals surface area contributed by atoms with Gasteiger partial charge in [-0.2, -0.15) is 0 Å². The van der Waals surface area contributed by atoms with Gasteiger partial charge in [-0.1, -0.05) is 54.6 Å². The van der Waals surface area contributed by atoms with Crippen LogP contribution in [0.25, 0.3) is 0 Å².